The average Bonchev–Trinajstić information content (AvgIpc) is 2.97. The zero-order valence-electron chi connectivity index (χ0n) is 17.3. The maximum Gasteiger partial charge on any atom is 0.331 e. The van der Waals surface area contributed by atoms with Crippen molar-refractivity contribution in [2.45, 2.75) is 33.1 Å². The van der Waals surface area contributed by atoms with Gasteiger partial charge in [0.2, 0.25) is 0 Å². The fourth-order valence-electron chi connectivity index (χ4n) is 3.47. The molecule has 7 heteroatoms. The summed E-state index contributed by atoms with van der Waals surface area (Å²) in [7, 11) is 1.85. The van der Waals surface area contributed by atoms with Gasteiger partial charge in [-0.1, -0.05) is 0 Å². The van der Waals surface area contributed by atoms with Crippen LogP contribution in [0.1, 0.15) is 36.2 Å². The van der Waals surface area contributed by atoms with Gasteiger partial charge in [0.1, 0.15) is 0 Å². The van der Waals surface area contributed by atoms with Gasteiger partial charge in [0.25, 0.3) is 5.91 Å². The number of hydrogen-bond donors (Lipinski definition) is 1. The molecule has 1 aromatic carbocycles. The van der Waals surface area contributed by atoms with Gasteiger partial charge in [-0.3, -0.25) is 9.48 Å². The SMILES string of the molecule is Cc1nn(C)c(C)c1/C=C/C(=O)OCC(=O)Nc1ccc(N2CCCCC2)cc1. The molecule has 0 unspecified atom stereocenters. The number of carbonyl (C=O) groups excluding carboxylic acids is 2. The normalized spacial score (nSPS) is 14.2. The van der Waals surface area contributed by atoms with E-state index in [1.807, 2.05) is 45.2 Å². The second-order valence-electron chi connectivity index (χ2n) is 7.29. The monoisotopic (exact) mass is 396 g/mol. The molecule has 1 amide bonds. The second-order valence-corrected chi connectivity index (χ2v) is 7.29. The highest BCUT2D eigenvalue weighted by Gasteiger charge is 2.12. The lowest BCUT2D eigenvalue weighted by Crippen LogP contribution is -2.29. The van der Waals surface area contributed by atoms with E-state index in [0.717, 1.165) is 30.0 Å². The first-order valence-corrected chi connectivity index (χ1v) is 9.94. The number of nitrogens with one attached hydrogen (secondary N) is 1. The Hall–Kier alpha value is -3.09. The van der Waals surface area contributed by atoms with Crippen LogP contribution in [-0.4, -0.2) is 41.4 Å². The number of hydrogen-bond acceptors (Lipinski definition) is 5. The first kappa shape index (κ1) is 20.6. The Morgan fingerprint density at radius 1 is 1.14 bits per heavy atom. The number of esters is 1. The van der Waals surface area contributed by atoms with Crippen molar-refractivity contribution < 1.29 is 14.3 Å². The van der Waals surface area contributed by atoms with Crippen LogP contribution in [0.2, 0.25) is 0 Å². The van der Waals surface area contributed by atoms with E-state index in [9.17, 15) is 9.59 Å². The number of aryl methyl sites for hydroxylation is 2. The molecular weight excluding hydrogens is 368 g/mol. The van der Waals surface area contributed by atoms with Gasteiger partial charge >= 0.3 is 5.97 Å². The van der Waals surface area contributed by atoms with Gasteiger partial charge in [0.15, 0.2) is 6.61 Å². The summed E-state index contributed by atoms with van der Waals surface area (Å²) in [6, 6.07) is 7.76. The number of ether oxygens (including phenoxy) is 1. The summed E-state index contributed by atoms with van der Waals surface area (Å²) in [5, 5.41) is 7.04. The van der Waals surface area contributed by atoms with E-state index < -0.39 is 5.97 Å². The molecule has 7 nitrogen and oxygen atoms in total. The van der Waals surface area contributed by atoms with Crippen LogP contribution in [0.3, 0.4) is 0 Å². The van der Waals surface area contributed by atoms with Crippen molar-refractivity contribution in [2.24, 2.45) is 7.05 Å². The summed E-state index contributed by atoms with van der Waals surface area (Å²) in [6.45, 7) is 5.62. The Kier molecular flexibility index (Phi) is 6.69. The predicted molar refractivity (Wildman–Crippen MR) is 114 cm³/mol. The van der Waals surface area contributed by atoms with Gasteiger partial charge in [-0.15, -0.1) is 0 Å². The number of rotatable bonds is 6. The molecule has 29 heavy (non-hydrogen) atoms. The van der Waals surface area contributed by atoms with Crippen molar-refractivity contribution >= 4 is 29.3 Å². The third kappa shape index (κ3) is 5.47. The van der Waals surface area contributed by atoms with Crippen molar-refractivity contribution in [1.82, 2.24) is 9.78 Å². The minimum absolute atomic E-state index is 0.331. The van der Waals surface area contributed by atoms with Gasteiger partial charge in [-0.25, -0.2) is 4.79 Å². The Morgan fingerprint density at radius 2 is 1.83 bits per heavy atom. The molecule has 1 aromatic heterocycles. The highest BCUT2D eigenvalue weighted by Crippen LogP contribution is 2.21. The molecule has 2 aromatic rings. The zero-order chi connectivity index (χ0) is 20.8. The molecule has 0 atom stereocenters. The second kappa shape index (κ2) is 9.41. The molecule has 154 valence electrons. The van der Waals surface area contributed by atoms with E-state index in [4.69, 9.17) is 4.74 Å². The van der Waals surface area contributed by atoms with Crippen LogP contribution in [-0.2, 0) is 21.4 Å². The number of carbonyl (C=O) groups is 2. The van der Waals surface area contributed by atoms with E-state index in [-0.39, 0.29) is 12.5 Å². The molecule has 0 radical (unpaired) electrons. The summed E-state index contributed by atoms with van der Waals surface area (Å²) in [5.74, 6) is -0.936. The van der Waals surface area contributed by atoms with Crippen LogP contribution < -0.4 is 10.2 Å². The van der Waals surface area contributed by atoms with Gasteiger partial charge in [-0.2, -0.15) is 5.10 Å². The standard InChI is InChI=1S/C22H28N4O3/c1-16-20(17(2)25(3)24-16)11-12-22(28)29-15-21(27)23-18-7-9-19(10-8-18)26-13-5-4-6-14-26/h7-12H,4-6,13-15H2,1-3H3,(H,23,27)/b12-11+. The van der Waals surface area contributed by atoms with Crippen molar-refractivity contribution in [1.29, 1.82) is 0 Å². The third-order valence-electron chi connectivity index (χ3n) is 5.17. The first-order valence-electron chi connectivity index (χ1n) is 9.94. The van der Waals surface area contributed by atoms with Gasteiger partial charge in [-0.05, 0) is 63.5 Å². The van der Waals surface area contributed by atoms with Crippen LogP contribution in [0, 0.1) is 13.8 Å². The van der Waals surface area contributed by atoms with Crippen LogP contribution in [0.25, 0.3) is 6.08 Å². The summed E-state index contributed by atoms with van der Waals surface area (Å²) >= 11 is 0. The molecular formula is C22H28N4O3. The molecule has 1 aliphatic heterocycles. The molecule has 0 bridgehead atoms. The summed E-state index contributed by atoms with van der Waals surface area (Å²) in [5.41, 5.74) is 4.52. The van der Waals surface area contributed by atoms with Crippen LogP contribution >= 0.6 is 0 Å². The Labute approximate surface area is 171 Å². The minimum atomic E-state index is -0.566. The maximum absolute atomic E-state index is 12.1. The number of amides is 1. The molecule has 2 heterocycles. The minimum Gasteiger partial charge on any atom is -0.452 e. The summed E-state index contributed by atoms with van der Waals surface area (Å²) < 4.78 is 6.78. The lowest BCUT2D eigenvalue weighted by Gasteiger charge is -2.28. The quantitative estimate of drug-likeness (QED) is 0.599. The van der Waals surface area contributed by atoms with Gasteiger partial charge < -0.3 is 15.0 Å². The lowest BCUT2D eigenvalue weighted by atomic mass is 10.1. The first-order chi connectivity index (χ1) is 13.9. The Morgan fingerprint density at radius 3 is 2.45 bits per heavy atom. The highest BCUT2D eigenvalue weighted by molar-refractivity contribution is 5.94. The fourth-order valence-corrected chi connectivity index (χ4v) is 3.47. The van der Waals surface area contributed by atoms with E-state index in [2.05, 4.69) is 15.3 Å². The summed E-state index contributed by atoms with van der Waals surface area (Å²) in [6.07, 6.45) is 6.71. The number of anilines is 2. The van der Waals surface area contributed by atoms with Crippen LogP contribution in [0.5, 0.6) is 0 Å². The maximum atomic E-state index is 12.1. The number of piperidine rings is 1. The van der Waals surface area contributed by atoms with E-state index >= 15 is 0 Å². The topological polar surface area (TPSA) is 76.5 Å². The number of benzene rings is 1. The van der Waals surface area contributed by atoms with Gasteiger partial charge in [0.05, 0.1) is 5.69 Å². The smallest absolute Gasteiger partial charge is 0.331 e. The van der Waals surface area contributed by atoms with Crippen LogP contribution in [0.4, 0.5) is 11.4 Å². The third-order valence-corrected chi connectivity index (χ3v) is 5.17. The molecule has 1 saturated heterocycles. The largest absolute Gasteiger partial charge is 0.452 e. The Balaban J connectivity index is 1.46. The predicted octanol–water partition coefficient (Wildman–Crippen LogP) is 3.22. The van der Waals surface area contributed by atoms with Gasteiger partial charge in [0, 0.05) is 48.8 Å². The molecule has 1 aliphatic rings. The molecule has 0 spiro atoms. The fraction of sp³-hybridized carbons (Fsp3) is 0.409. The van der Waals surface area contributed by atoms with Crippen molar-refractivity contribution in [3.05, 3.63) is 47.3 Å². The van der Waals surface area contributed by atoms with Crippen LogP contribution in [0.15, 0.2) is 30.3 Å². The summed E-state index contributed by atoms with van der Waals surface area (Å²) in [4.78, 5) is 26.3. The Bertz CT molecular complexity index is 894. The van der Waals surface area contributed by atoms with E-state index in [1.165, 1.54) is 31.0 Å². The van der Waals surface area contributed by atoms with Crippen molar-refractivity contribution in [3.63, 3.8) is 0 Å². The van der Waals surface area contributed by atoms with Crippen molar-refractivity contribution in [3.8, 4) is 0 Å². The van der Waals surface area contributed by atoms with E-state index in [0.29, 0.717) is 5.69 Å². The van der Waals surface area contributed by atoms with Crippen molar-refractivity contribution in [2.75, 3.05) is 29.9 Å². The molecule has 1 N–H and O–H groups in total. The van der Waals surface area contributed by atoms with E-state index in [1.54, 1.807) is 10.8 Å². The number of aromatic nitrogens is 2. The molecule has 0 aliphatic carbocycles. The zero-order valence-corrected chi connectivity index (χ0v) is 17.3. The highest BCUT2D eigenvalue weighted by atomic mass is 16.5. The molecule has 3 rings (SSSR count). The average molecular weight is 396 g/mol. The number of nitrogens with zero attached hydrogens (tertiary/aromatic N) is 3. The molecule has 0 saturated carbocycles. The molecule has 1 fully saturated rings. The lowest BCUT2D eigenvalue weighted by molar-refractivity contribution is -0.142.